The van der Waals surface area contributed by atoms with Crippen LogP contribution in [0.3, 0.4) is 0 Å². The van der Waals surface area contributed by atoms with Crippen molar-refractivity contribution in [3.8, 4) is 11.5 Å². The zero-order valence-corrected chi connectivity index (χ0v) is 17.4. The van der Waals surface area contributed by atoms with Crippen LogP contribution in [0.2, 0.25) is 0 Å². The van der Waals surface area contributed by atoms with Crippen molar-refractivity contribution >= 4 is 5.91 Å². The lowest BCUT2D eigenvalue weighted by atomic mass is 10.0. The molecule has 1 aliphatic rings. The van der Waals surface area contributed by atoms with Crippen LogP contribution < -0.4 is 14.8 Å². The van der Waals surface area contributed by atoms with Crippen LogP contribution in [0.1, 0.15) is 49.2 Å². The third-order valence-corrected chi connectivity index (χ3v) is 5.00. The minimum Gasteiger partial charge on any atom is -0.490 e. The number of amides is 1. The Hall–Kier alpha value is -2.60. The van der Waals surface area contributed by atoms with E-state index in [-0.39, 0.29) is 11.9 Å². The van der Waals surface area contributed by atoms with Crippen molar-refractivity contribution in [1.82, 2.24) is 15.2 Å². The number of hydrogen-bond acceptors (Lipinski definition) is 5. The molecule has 1 N–H and O–H groups in total. The summed E-state index contributed by atoms with van der Waals surface area (Å²) in [6, 6.07) is 11.6. The number of hydrogen-bond donors (Lipinski definition) is 1. The zero-order chi connectivity index (χ0) is 20.5. The Kier molecular flexibility index (Phi) is 7.87. The van der Waals surface area contributed by atoms with E-state index < -0.39 is 0 Å². The molecule has 0 bridgehead atoms. The van der Waals surface area contributed by atoms with Gasteiger partial charge in [0.25, 0.3) is 5.91 Å². The molecule has 1 saturated heterocycles. The fourth-order valence-electron chi connectivity index (χ4n) is 3.47. The van der Waals surface area contributed by atoms with Gasteiger partial charge in [-0.25, -0.2) is 0 Å². The Bertz CT molecular complexity index is 774. The SMILES string of the molecule is CCCOc1ccc(C(=O)NC2CCN(Cc3ccccn3)CC2)cc1OCC. The number of piperidine rings is 1. The summed E-state index contributed by atoms with van der Waals surface area (Å²) in [4.78, 5) is 19.5. The molecule has 1 aromatic heterocycles. The average Bonchev–Trinajstić information content (AvgIpc) is 2.75. The van der Waals surface area contributed by atoms with Gasteiger partial charge in [0.2, 0.25) is 0 Å². The molecule has 1 amide bonds. The van der Waals surface area contributed by atoms with Crippen LogP contribution in [0.5, 0.6) is 11.5 Å². The second-order valence-corrected chi connectivity index (χ2v) is 7.29. The largest absolute Gasteiger partial charge is 0.490 e. The minimum atomic E-state index is -0.0591. The molecule has 6 heteroatoms. The number of ether oxygens (including phenoxy) is 2. The predicted molar refractivity (Wildman–Crippen MR) is 113 cm³/mol. The van der Waals surface area contributed by atoms with Gasteiger partial charge in [-0.05, 0) is 56.5 Å². The number of likely N-dealkylation sites (tertiary alicyclic amines) is 1. The molecule has 6 nitrogen and oxygen atoms in total. The maximum Gasteiger partial charge on any atom is 0.251 e. The van der Waals surface area contributed by atoms with Crippen LogP contribution in [-0.2, 0) is 6.54 Å². The summed E-state index contributed by atoms with van der Waals surface area (Å²) in [5.41, 5.74) is 1.69. The number of nitrogens with one attached hydrogen (secondary N) is 1. The van der Waals surface area contributed by atoms with Crippen LogP contribution in [0.15, 0.2) is 42.6 Å². The van der Waals surface area contributed by atoms with Gasteiger partial charge in [-0.1, -0.05) is 13.0 Å². The van der Waals surface area contributed by atoms with Crippen LogP contribution in [-0.4, -0.2) is 48.1 Å². The molecule has 1 fully saturated rings. The van der Waals surface area contributed by atoms with E-state index in [2.05, 4.69) is 28.2 Å². The summed E-state index contributed by atoms with van der Waals surface area (Å²) >= 11 is 0. The number of aromatic nitrogens is 1. The molecular formula is C23H31N3O3. The highest BCUT2D eigenvalue weighted by Crippen LogP contribution is 2.29. The normalized spacial score (nSPS) is 15.1. The monoisotopic (exact) mass is 397 g/mol. The molecule has 0 radical (unpaired) electrons. The highest BCUT2D eigenvalue weighted by atomic mass is 16.5. The lowest BCUT2D eigenvalue weighted by molar-refractivity contribution is 0.0908. The Morgan fingerprint density at radius 3 is 2.66 bits per heavy atom. The summed E-state index contributed by atoms with van der Waals surface area (Å²) in [5.74, 6) is 1.25. The first-order chi connectivity index (χ1) is 14.2. The molecule has 156 valence electrons. The van der Waals surface area contributed by atoms with Crippen molar-refractivity contribution in [3.63, 3.8) is 0 Å². The van der Waals surface area contributed by atoms with E-state index in [9.17, 15) is 4.79 Å². The van der Waals surface area contributed by atoms with Crippen LogP contribution in [0, 0.1) is 0 Å². The Morgan fingerprint density at radius 2 is 1.97 bits per heavy atom. The molecule has 2 aromatic rings. The van der Waals surface area contributed by atoms with Crippen molar-refractivity contribution in [1.29, 1.82) is 0 Å². The van der Waals surface area contributed by atoms with E-state index in [0.717, 1.165) is 44.6 Å². The van der Waals surface area contributed by atoms with Crippen LogP contribution in [0.4, 0.5) is 0 Å². The van der Waals surface area contributed by atoms with E-state index in [1.54, 1.807) is 12.1 Å². The smallest absolute Gasteiger partial charge is 0.251 e. The lowest BCUT2D eigenvalue weighted by Crippen LogP contribution is -2.44. The highest BCUT2D eigenvalue weighted by molar-refractivity contribution is 5.95. The minimum absolute atomic E-state index is 0.0591. The molecule has 3 rings (SSSR count). The summed E-state index contributed by atoms with van der Waals surface area (Å²) in [6.45, 7) is 7.91. The van der Waals surface area contributed by atoms with Crippen LogP contribution in [0.25, 0.3) is 0 Å². The van der Waals surface area contributed by atoms with Gasteiger partial charge in [0, 0.05) is 37.4 Å². The topological polar surface area (TPSA) is 63.7 Å². The maximum atomic E-state index is 12.7. The van der Waals surface area contributed by atoms with Gasteiger partial charge in [0.05, 0.1) is 18.9 Å². The van der Waals surface area contributed by atoms with Gasteiger partial charge in [-0.3, -0.25) is 14.7 Å². The lowest BCUT2D eigenvalue weighted by Gasteiger charge is -2.32. The molecule has 2 heterocycles. The Morgan fingerprint density at radius 1 is 1.14 bits per heavy atom. The summed E-state index contributed by atoms with van der Waals surface area (Å²) in [7, 11) is 0. The Balaban J connectivity index is 1.53. The second-order valence-electron chi connectivity index (χ2n) is 7.29. The van der Waals surface area contributed by atoms with Gasteiger partial charge >= 0.3 is 0 Å². The first-order valence-electron chi connectivity index (χ1n) is 10.5. The molecular weight excluding hydrogens is 366 g/mol. The Labute approximate surface area is 173 Å². The standard InChI is InChI=1S/C23H31N3O3/c1-3-15-29-21-9-8-18(16-22(21)28-4-2)23(27)25-19-10-13-26(14-11-19)17-20-7-5-6-12-24-20/h5-9,12,16,19H,3-4,10-11,13-15,17H2,1-2H3,(H,25,27). The van der Waals surface area contributed by atoms with E-state index in [0.29, 0.717) is 30.3 Å². The van der Waals surface area contributed by atoms with Crippen molar-refractivity contribution in [2.24, 2.45) is 0 Å². The highest BCUT2D eigenvalue weighted by Gasteiger charge is 2.22. The van der Waals surface area contributed by atoms with Gasteiger partial charge in [-0.15, -0.1) is 0 Å². The number of nitrogens with zero attached hydrogens (tertiary/aromatic N) is 2. The number of carbonyl (C=O) groups is 1. The molecule has 0 unspecified atom stereocenters. The van der Waals surface area contributed by atoms with Crippen molar-refractivity contribution in [2.75, 3.05) is 26.3 Å². The number of carbonyl (C=O) groups excluding carboxylic acids is 1. The number of benzene rings is 1. The van der Waals surface area contributed by atoms with E-state index in [1.807, 2.05) is 31.3 Å². The first kappa shape index (κ1) is 21.1. The molecule has 29 heavy (non-hydrogen) atoms. The van der Waals surface area contributed by atoms with Crippen molar-refractivity contribution in [2.45, 2.75) is 45.7 Å². The molecule has 0 aliphatic carbocycles. The molecule has 1 aromatic carbocycles. The summed E-state index contributed by atoms with van der Waals surface area (Å²) in [5, 5.41) is 3.17. The number of rotatable bonds is 9. The average molecular weight is 398 g/mol. The maximum absolute atomic E-state index is 12.7. The van der Waals surface area contributed by atoms with Crippen molar-refractivity contribution < 1.29 is 14.3 Å². The third kappa shape index (κ3) is 6.19. The molecule has 0 spiro atoms. The summed E-state index contributed by atoms with van der Waals surface area (Å²) < 4.78 is 11.4. The third-order valence-electron chi connectivity index (χ3n) is 5.00. The molecule has 0 atom stereocenters. The van der Waals surface area contributed by atoms with Gasteiger partial charge in [0.15, 0.2) is 11.5 Å². The quantitative estimate of drug-likeness (QED) is 0.700. The number of pyridine rings is 1. The van der Waals surface area contributed by atoms with Crippen LogP contribution >= 0.6 is 0 Å². The molecule has 1 aliphatic heterocycles. The fourth-order valence-corrected chi connectivity index (χ4v) is 3.47. The zero-order valence-electron chi connectivity index (χ0n) is 17.4. The molecule has 0 saturated carbocycles. The summed E-state index contributed by atoms with van der Waals surface area (Å²) in [6.07, 6.45) is 4.63. The van der Waals surface area contributed by atoms with Crippen molar-refractivity contribution in [3.05, 3.63) is 53.9 Å². The van der Waals surface area contributed by atoms with E-state index in [1.165, 1.54) is 0 Å². The van der Waals surface area contributed by atoms with E-state index in [4.69, 9.17) is 9.47 Å². The first-order valence-corrected chi connectivity index (χ1v) is 10.5. The predicted octanol–water partition coefficient (Wildman–Crippen LogP) is 3.66. The second kappa shape index (κ2) is 10.8. The van der Waals surface area contributed by atoms with E-state index >= 15 is 0 Å². The van der Waals surface area contributed by atoms with Gasteiger partial charge < -0.3 is 14.8 Å². The van der Waals surface area contributed by atoms with Gasteiger partial charge in [0.1, 0.15) is 0 Å². The van der Waals surface area contributed by atoms with Gasteiger partial charge in [-0.2, -0.15) is 0 Å². The fraction of sp³-hybridized carbons (Fsp3) is 0.478.